The summed E-state index contributed by atoms with van der Waals surface area (Å²) in [5.74, 6) is -0.650. The van der Waals surface area contributed by atoms with Crippen molar-refractivity contribution in [3.05, 3.63) is 65.0 Å². The minimum Gasteiger partial charge on any atom is -0.491 e. The van der Waals surface area contributed by atoms with Gasteiger partial charge in [-0.3, -0.25) is 9.59 Å². The first kappa shape index (κ1) is 13.3. The van der Waals surface area contributed by atoms with Crippen molar-refractivity contribution in [3.8, 4) is 5.75 Å². The van der Waals surface area contributed by atoms with Crippen molar-refractivity contribution >= 4 is 11.7 Å². The molecule has 3 rings (SSSR count). The number of rotatable bonds is 2. The maximum absolute atomic E-state index is 13.2. The maximum atomic E-state index is 13.2. The van der Waals surface area contributed by atoms with Gasteiger partial charge in [-0.25, -0.2) is 4.39 Å². The zero-order valence-electron chi connectivity index (χ0n) is 11.1. The van der Waals surface area contributed by atoms with Crippen molar-refractivity contribution in [3.63, 3.8) is 0 Å². The van der Waals surface area contributed by atoms with Crippen LogP contribution in [0.2, 0.25) is 0 Å². The number of fused-ring (bicyclic) bond motifs is 1. The van der Waals surface area contributed by atoms with E-state index in [0.29, 0.717) is 30.0 Å². The molecule has 1 N–H and O–H groups in total. The lowest BCUT2D eigenvalue weighted by molar-refractivity contribution is 0.0957. The van der Waals surface area contributed by atoms with Gasteiger partial charge in [0, 0.05) is 11.1 Å². The van der Waals surface area contributed by atoms with E-state index in [1.165, 1.54) is 30.3 Å². The molecule has 1 aliphatic rings. The maximum Gasteiger partial charge on any atom is 0.255 e. The number of nitrogens with one attached hydrogen (secondary N) is 1. The summed E-state index contributed by atoms with van der Waals surface area (Å²) >= 11 is 0. The second-order valence-corrected chi connectivity index (χ2v) is 4.65. The molecule has 2 aromatic carbocycles. The molecule has 1 aliphatic heterocycles. The van der Waals surface area contributed by atoms with E-state index in [2.05, 4.69) is 5.32 Å². The van der Waals surface area contributed by atoms with Gasteiger partial charge in [0.15, 0.2) is 5.78 Å². The van der Waals surface area contributed by atoms with Crippen LogP contribution in [0.15, 0.2) is 42.5 Å². The Bertz CT molecular complexity index is 727. The van der Waals surface area contributed by atoms with Crippen molar-refractivity contribution in [2.45, 2.75) is 0 Å². The molecule has 0 fully saturated rings. The third kappa shape index (κ3) is 2.63. The summed E-state index contributed by atoms with van der Waals surface area (Å²) < 4.78 is 18.6. The molecule has 0 unspecified atom stereocenters. The van der Waals surface area contributed by atoms with Crippen LogP contribution >= 0.6 is 0 Å². The van der Waals surface area contributed by atoms with E-state index in [9.17, 15) is 14.0 Å². The van der Waals surface area contributed by atoms with Gasteiger partial charge in [0.2, 0.25) is 0 Å². The summed E-state index contributed by atoms with van der Waals surface area (Å²) in [4.78, 5) is 24.2. The van der Waals surface area contributed by atoms with Gasteiger partial charge in [-0.15, -0.1) is 0 Å². The molecule has 0 saturated heterocycles. The molecule has 2 aromatic rings. The van der Waals surface area contributed by atoms with Crippen molar-refractivity contribution in [2.24, 2.45) is 0 Å². The van der Waals surface area contributed by atoms with Crippen LogP contribution in [0.5, 0.6) is 5.75 Å². The molecule has 5 heteroatoms. The van der Waals surface area contributed by atoms with Gasteiger partial charge in [-0.1, -0.05) is 12.1 Å². The summed E-state index contributed by atoms with van der Waals surface area (Å²) in [5.41, 5.74) is 0.875. The highest BCUT2D eigenvalue weighted by atomic mass is 19.1. The molecule has 0 aromatic heterocycles. The fourth-order valence-electron chi connectivity index (χ4n) is 2.19. The lowest BCUT2D eigenvalue weighted by Crippen LogP contribution is -2.24. The normalized spacial score (nSPS) is 13.7. The Morgan fingerprint density at radius 3 is 2.76 bits per heavy atom. The average Bonchev–Trinajstić information content (AvgIpc) is 2.68. The predicted molar refractivity (Wildman–Crippen MR) is 74.1 cm³/mol. The monoisotopic (exact) mass is 285 g/mol. The second kappa shape index (κ2) is 5.36. The van der Waals surface area contributed by atoms with Gasteiger partial charge in [0.05, 0.1) is 12.1 Å². The van der Waals surface area contributed by atoms with Gasteiger partial charge >= 0.3 is 0 Å². The zero-order valence-corrected chi connectivity index (χ0v) is 11.1. The standard InChI is InChI=1S/C16H12FNO3/c17-12-3-1-2-10(8-12)15(19)11-4-5-14-13(9-11)16(20)18-6-7-21-14/h1-5,8-9H,6-7H2,(H,18,20). The Hall–Kier alpha value is -2.69. The number of hydrogen-bond acceptors (Lipinski definition) is 3. The zero-order chi connectivity index (χ0) is 14.8. The highest BCUT2D eigenvalue weighted by Crippen LogP contribution is 2.23. The SMILES string of the molecule is O=C(c1cccc(F)c1)c1ccc2c(c1)C(=O)NCCO2. The first-order valence-electron chi connectivity index (χ1n) is 6.50. The number of halogens is 1. The average molecular weight is 285 g/mol. The van der Waals surface area contributed by atoms with Crippen molar-refractivity contribution < 1.29 is 18.7 Å². The first-order valence-corrected chi connectivity index (χ1v) is 6.50. The van der Waals surface area contributed by atoms with Gasteiger partial charge in [0.25, 0.3) is 5.91 Å². The van der Waals surface area contributed by atoms with Crippen LogP contribution in [0.4, 0.5) is 4.39 Å². The first-order chi connectivity index (χ1) is 10.1. The van der Waals surface area contributed by atoms with Crippen LogP contribution in [0.3, 0.4) is 0 Å². The van der Waals surface area contributed by atoms with E-state index >= 15 is 0 Å². The van der Waals surface area contributed by atoms with Gasteiger partial charge in [0.1, 0.15) is 18.2 Å². The van der Waals surface area contributed by atoms with E-state index in [1.54, 1.807) is 12.1 Å². The van der Waals surface area contributed by atoms with Crippen LogP contribution in [0.1, 0.15) is 26.3 Å². The summed E-state index contributed by atoms with van der Waals surface area (Å²) in [6.07, 6.45) is 0. The minimum absolute atomic E-state index is 0.241. The summed E-state index contributed by atoms with van der Waals surface area (Å²) in [6, 6.07) is 10.1. The number of carbonyl (C=O) groups excluding carboxylic acids is 2. The van der Waals surface area contributed by atoms with E-state index in [1.807, 2.05) is 0 Å². The Morgan fingerprint density at radius 2 is 1.95 bits per heavy atom. The second-order valence-electron chi connectivity index (χ2n) is 4.65. The molecule has 0 atom stereocenters. The predicted octanol–water partition coefficient (Wildman–Crippen LogP) is 2.18. The molecular weight excluding hydrogens is 273 g/mol. The molecule has 0 saturated carbocycles. The lowest BCUT2D eigenvalue weighted by atomic mass is 10.0. The van der Waals surface area contributed by atoms with Crippen LogP contribution in [-0.2, 0) is 0 Å². The Labute approximate surface area is 120 Å². The van der Waals surface area contributed by atoms with Gasteiger partial charge in [-0.05, 0) is 30.3 Å². The molecule has 21 heavy (non-hydrogen) atoms. The van der Waals surface area contributed by atoms with Crippen LogP contribution in [-0.4, -0.2) is 24.8 Å². The Balaban J connectivity index is 2.00. The highest BCUT2D eigenvalue weighted by molar-refractivity contribution is 6.10. The number of hydrogen-bond donors (Lipinski definition) is 1. The third-order valence-corrected chi connectivity index (χ3v) is 3.22. The fourth-order valence-corrected chi connectivity index (χ4v) is 2.19. The Morgan fingerprint density at radius 1 is 1.14 bits per heavy atom. The number of amides is 1. The van der Waals surface area contributed by atoms with Gasteiger partial charge < -0.3 is 10.1 Å². The summed E-state index contributed by atoms with van der Waals surface area (Å²) in [6.45, 7) is 0.802. The third-order valence-electron chi connectivity index (χ3n) is 3.22. The summed E-state index contributed by atoms with van der Waals surface area (Å²) in [5, 5.41) is 2.68. The van der Waals surface area contributed by atoms with Crippen molar-refractivity contribution in [1.29, 1.82) is 0 Å². The molecule has 106 valence electrons. The molecule has 0 bridgehead atoms. The molecule has 0 radical (unpaired) electrons. The largest absolute Gasteiger partial charge is 0.491 e. The molecular formula is C16H12FNO3. The van der Waals surface area contributed by atoms with Crippen LogP contribution in [0, 0.1) is 5.82 Å². The molecule has 0 spiro atoms. The fraction of sp³-hybridized carbons (Fsp3) is 0.125. The van der Waals surface area contributed by atoms with Crippen LogP contribution in [0.25, 0.3) is 0 Å². The molecule has 0 aliphatic carbocycles. The quantitative estimate of drug-likeness (QED) is 0.860. The van der Waals surface area contributed by atoms with E-state index in [0.717, 1.165) is 0 Å². The van der Waals surface area contributed by atoms with Crippen LogP contribution < -0.4 is 10.1 Å². The van der Waals surface area contributed by atoms with Crippen molar-refractivity contribution in [2.75, 3.05) is 13.2 Å². The summed E-state index contributed by atoms with van der Waals surface area (Å²) in [7, 11) is 0. The highest BCUT2D eigenvalue weighted by Gasteiger charge is 2.19. The molecule has 1 amide bonds. The number of carbonyl (C=O) groups is 2. The Kier molecular flexibility index (Phi) is 3.39. The topological polar surface area (TPSA) is 55.4 Å². The lowest BCUT2D eigenvalue weighted by Gasteiger charge is -2.07. The van der Waals surface area contributed by atoms with E-state index < -0.39 is 5.82 Å². The molecule has 1 heterocycles. The number of ether oxygens (including phenoxy) is 1. The van der Waals surface area contributed by atoms with Crippen molar-refractivity contribution in [1.82, 2.24) is 5.32 Å². The van der Waals surface area contributed by atoms with E-state index in [-0.39, 0.29) is 17.3 Å². The van der Waals surface area contributed by atoms with E-state index in [4.69, 9.17) is 4.74 Å². The number of ketones is 1. The minimum atomic E-state index is -0.475. The number of benzene rings is 2. The molecule has 4 nitrogen and oxygen atoms in total. The smallest absolute Gasteiger partial charge is 0.255 e. The van der Waals surface area contributed by atoms with Gasteiger partial charge in [-0.2, -0.15) is 0 Å².